The molecule has 0 spiro atoms. The third kappa shape index (κ3) is 4.89. The van der Waals surface area contributed by atoms with Gasteiger partial charge in [0.2, 0.25) is 0 Å². The van der Waals surface area contributed by atoms with Crippen LogP contribution in [-0.2, 0) is 5.75 Å². The van der Waals surface area contributed by atoms with E-state index in [1.807, 2.05) is 42.5 Å². The molecule has 4 aromatic rings. The summed E-state index contributed by atoms with van der Waals surface area (Å²) in [7, 11) is 3.20. The van der Waals surface area contributed by atoms with Gasteiger partial charge in [-0.2, -0.15) is 0 Å². The fourth-order valence-corrected chi connectivity index (χ4v) is 3.93. The van der Waals surface area contributed by atoms with E-state index in [0.29, 0.717) is 28.2 Å². The molecule has 32 heavy (non-hydrogen) atoms. The molecule has 0 aliphatic carbocycles. The number of hydrogen-bond acceptors (Lipinski definition) is 8. The zero-order valence-corrected chi connectivity index (χ0v) is 18.3. The molecule has 1 N–H and O–H groups in total. The molecule has 0 saturated heterocycles. The Morgan fingerprint density at radius 1 is 0.969 bits per heavy atom. The first-order chi connectivity index (χ1) is 15.6. The van der Waals surface area contributed by atoms with Gasteiger partial charge in [0.15, 0.2) is 5.16 Å². The van der Waals surface area contributed by atoms with E-state index in [0.717, 1.165) is 22.2 Å². The molecule has 9 heteroatoms. The first-order valence-corrected chi connectivity index (χ1v) is 10.7. The van der Waals surface area contributed by atoms with Crippen LogP contribution >= 0.6 is 11.8 Å². The van der Waals surface area contributed by atoms with Crippen molar-refractivity contribution in [1.82, 2.24) is 9.97 Å². The first kappa shape index (κ1) is 21.4. The molecule has 3 aromatic carbocycles. The smallest absolute Gasteiger partial charge is 0.269 e. The van der Waals surface area contributed by atoms with Crippen LogP contribution in [0.15, 0.2) is 71.9 Å². The third-order valence-electron chi connectivity index (χ3n) is 4.69. The highest BCUT2D eigenvalue weighted by atomic mass is 32.2. The van der Waals surface area contributed by atoms with Crippen molar-refractivity contribution in [2.45, 2.75) is 10.9 Å². The molecule has 0 radical (unpaired) electrons. The van der Waals surface area contributed by atoms with E-state index in [-0.39, 0.29) is 5.69 Å². The van der Waals surface area contributed by atoms with E-state index in [4.69, 9.17) is 14.5 Å². The molecule has 0 aliphatic heterocycles. The van der Waals surface area contributed by atoms with Crippen molar-refractivity contribution in [1.29, 1.82) is 0 Å². The molecule has 0 bridgehead atoms. The molecule has 4 rings (SSSR count). The van der Waals surface area contributed by atoms with Gasteiger partial charge in [-0.3, -0.25) is 10.1 Å². The maximum absolute atomic E-state index is 11.0. The number of nitrogens with one attached hydrogen (secondary N) is 1. The van der Waals surface area contributed by atoms with Gasteiger partial charge in [-0.25, -0.2) is 9.97 Å². The SMILES string of the molecule is COc1cc(Nc2nc(SCc3cccc([N+](=O)[O-])c3)nc3ccccc23)cc(OC)c1. The lowest BCUT2D eigenvalue weighted by molar-refractivity contribution is -0.384. The van der Waals surface area contributed by atoms with Gasteiger partial charge in [0, 0.05) is 47.2 Å². The van der Waals surface area contributed by atoms with Crippen LogP contribution in [0.25, 0.3) is 10.9 Å². The number of nitrogens with zero attached hydrogens (tertiary/aromatic N) is 3. The molecular formula is C23H20N4O4S. The Kier molecular flexibility index (Phi) is 6.37. The second kappa shape index (κ2) is 9.52. The van der Waals surface area contributed by atoms with E-state index in [1.54, 1.807) is 32.4 Å². The Hall–Kier alpha value is -3.85. The summed E-state index contributed by atoms with van der Waals surface area (Å²) in [6, 6.07) is 19.8. The number of anilines is 2. The Morgan fingerprint density at radius 3 is 2.44 bits per heavy atom. The number of thioether (sulfide) groups is 1. The molecule has 0 aliphatic rings. The molecule has 0 unspecified atom stereocenters. The minimum atomic E-state index is -0.398. The van der Waals surface area contributed by atoms with Crippen LogP contribution in [0.3, 0.4) is 0 Å². The van der Waals surface area contributed by atoms with Crippen LogP contribution in [0.5, 0.6) is 11.5 Å². The summed E-state index contributed by atoms with van der Waals surface area (Å²) in [6.07, 6.45) is 0. The molecule has 0 saturated carbocycles. The Labute approximate surface area is 188 Å². The molecule has 162 valence electrons. The second-order valence-corrected chi connectivity index (χ2v) is 7.76. The number of fused-ring (bicyclic) bond motifs is 1. The minimum Gasteiger partial charge on any atom is -0.497 e. The number of methoxy groups -OCH3 is 2. The van der Waals surface area contributed by atoms with Crippen molar-refractivity contribution in [3.8, 4) is 11.5 Å². The lowest BCUT2D eigenvalue weighted by Crippen LogP contribution is -2.00. The van der Waals surface area contributed by atoms with Gasteiger partial charge in [0.05, 0.1) is 24.7 Å². The highest BCUT2D eigenvalue weighted by Gasteiger charge is 2.12. The number of nitro groups is 1. The van der Waals surface area contributed by atoms with Gasteiger partial charge in [-0.15, -0.1) is 0 Å². The van der Waals surface area contributed by atoms with Crippen LogP contribution < -0.4 is 14.8 Å². The van der Waals surface area contributed by atoms with Crippen molar-refractivity contribution in [2.24, 2.45) is 0 Å². The van der Waals surface area contributed by atoms with Gasteiger partial charge in [-0.1, -0.05) is 36.0 Å². The fourth-order valence-electron chi connectivity index (χ4n) is 3.14. The monoisotopic (exact) mass is 448 g/mol. The maximum atomic E-state index is 11.0. The van der Waals surface area contributed by atoms with Crippen molar-refractivity contribution in [3.05, 3.63) is 82.4 Å². The molecule has 8 nitrogen and oxygen atoms in total. The van der Waals surface area contributed by atoms with Crippen molar-refractivity contribution in [3.63, 3.8) is 0 Å². The zero-order chi connectivity index (χ0) is 22.5. The fraction of sp³-hybridized carbons (Fsp3) is 0.130. The van der Waals surface area contributed by atoms with E-state index in [2.05, 4.69) is 10.3 Å². The number of hydrogen-bond donors (Lipinski definition) is 1. The van der Waals surface area contributed by atoms with Crippen molar-refractivity contribution < 1.29 is 14.4 Å². The number of rotatable bonds is 8. The van der Waals surface area contributed by atoms with E-state index in [1.165, 1.54) is 17.8 Å². The summed E-state index contributed by atoms with van der Waals surface area (Å²) in [4.78, 5) is 20.0. The van der Waals surface area contributed by atoms with Gasteiger partial charge in [0.25, 0.3) is 5.69 Å². The Balaban J connectivity index is 1.65. The number of ether oxygens (including phenoxy) is 2. The van der Waals surface area contributed by atoms with Crippen LogP contribution in [0, 0.1) is 10.1 Å². The summed E-state index contributed by atoms with van der Waals surface area (Å²) in [5, 5.41) is 15.8. The van der Waals surface area contributed by atoms with Crippen LogP contribution in [-0.4, -0.2) is 29.1 Å². The largest absolute Gasteiger partial charge is 0.497 e. The molecule has 1 heterocycles. The number of non-ortho nitro benzene ring substituents is 1. The summed E-state index contributed by atoms with van der Waals surface area (Å²) in [5.41, 5.74) is 2.45. The van der Waals surface area contributed by atoms with E-state index < -0.39 is 4.92 Å². The summed E-state index contributed by atoms with van der Waals surface area (Å²) >= 11 is 1.41. The quantitative estimate of drug-likeness (QED) is 0.161. The van der Waals surface area contributed by atoms with Gasteiger partial charge in [0.1, 0.15) is 17.3 Å². The Morgan fingerprint density at radius 2 is 1.72 bits per heavy atom. The standard InChI is InChI=1S/C23H20N4O4S/c1-30-18-11-16(12-19(13-18)31-2)24-22-20-8-3-4-9-21(20)25-23(26-22)32-14-15-6-5-7-17(10-15)27(28)29/h3-13H,14H2,1-2H3,(H,24,25,26). The summed E-state index contributed by atoms with van der Waals surface area (Å²) in [6.45, 7) is 0. The van der Waals surface area contributed by atoms with Crippen LogP contribution in [0.4, 0.5) is 17.2 Å². The van der Waals surface area contributed by atoms with Crippen molar-refractivity contribution in [2.75, 3.05) is 19.5 Å². The second-order valence-electron chi connectivity index (χ2n) is 6.81. The summed E-state index contributed by atoms with van der Waals surface area (Å²) < 4.78 is 10.7. The van der Waals surface area contributed by atoms with Gasteiger partial charge in [-0.05, 0) is 17.7 Å². The highest BCUT2D eigenvalue weighted by Crippen LogP contribution is 2.32. The number of para-hydroxylation sites is 1. The maximum Gasteiger partial charge on any atom is 0.269 e. The Bertz CT molecular complexity index is 1260. The van der Waals surface area contributed by atoms with Gasteiger partial charge >= 0.3 is 0 Å². The zero-order valence-electron chi connectivity index (χ0n) is 17.4. The first-order valence-electron chi connectivity index (χ1n) is 9.69. The van der Waals surface area contributed by atoms with Crippen LogP contribution in [0.2, 0.25) is 0 Å². The molecule has 0 fully saturated rings. The molecule has 0 amide bonds. The predicted octanol–water partition coefficient (Wildman–Crippen LogP) is 5.59. The third-order valence-corrected chi connectivity index (χ3v) is 5.60. The lowest BCUT2D eigenvalue weighted by atomic mass is 10.2. The summed E-state index contributed by atoms with van der Waals surface area (Å²) in [5.74, 6) is 2.47. The number of aromatic nitrogens is 2. The topological polar surface area (TPSA) is 99.4 Å². The van der Waals surface area contributed by atoms with Gasteiger partial charge < -0.3 is 14.8 Å². The average molecular weight is 449 g/mol. The molecular weight excluding hydrogens is 428 g/mol. The predicted molar refractivity (Wildman–Crippen MR) is 125 cm³/mol. The average Bonchev–Trinajstić information content (AvgIpc) is 2.82. The normalized spacial score (nSPS) is 10.7. The minimum absolute atomic E-state index is 0.0665. The van der Waals surface area contributed by atoms with E-state index >= 15 is 0 Å². The van der Waals surface area contributed by atoms with Crippen LogP contribution in [0.1, 0.15) is 5.56 Å². The molecule has 1 aromatic heterocycles. The van der Waals surface area contributed by atoms with E-state index in [9.17, 15) is 10.1 Å². The lowest BCUT2D eigenvalue weighted by Gasteiger charge is -2.13. The number of benzene rings is 3. The molecule has 0 atom stereocenters. The highest BCUT2D eigenvalue weighted by molar-refractivity contribution is 7.98. The van der Waals surface area contributed by atoms with Crippen molar-refractivity contribution >= 4 is 39.9 Å². The number of nitro benzene ring substituents is 1.